The molecule has 0 bridgehead atoms. The predicted molar refractivity (Wildman–Crippen MR) is 63.7 cm³/mol. The van der Waals surface area contributed by atoms with Crippen LogP contribution in [0.2, 0.25) is 10.0 Å². The monoisotopic (exact) mass is 256 g/mol. The molecule has 0 saturated heterocycles. The highest BCUT2D eigenvalue weighted by atomic mass is 35.5. The topological polar surface area (TPSA) is 38.0 Å². The number of aliphatic hydroxyl groups excluding tert-OH is 1. The zero-order valence-electron chi connectivity index (χ0n) is 8.56. The fourth-order valence-corrected chi connectivity index (χ4v) is 1.90. The summed E-state index contributed by atoms with van der Waals surface area (Å²) < 4.78 is 1.62. The van der Waals surface area contributed by atoms with E-state index in [0.29, 0.717) is 21.2 Å². The SMILES string of the molecule is Cn1cc(C(O)c2cccc(Cl)c2Cl)cn1. The predicted octanol–water partition coefficient (Wildman–Crippen LogP) is 2.81. The molecule has 0 aliphatic heterocycles. The Morgan fingerprint density at radius 2 is 2.12 bits per heavy atom. The number of aromatic nitrogens is 2. The van der Waals surface area contributed by atoms with Crippen LogP contribution >= 0.6 is 23.2 Å². The zero-order chi connectivity index (χ0) is 11.7. The van der Waals surface area contributed by atoms with Crippen LogP contribution in [0.4, 0.5) is 0 Å². The Hall–Kier alpha value is -1.03. The Labute approximate surface area is 103 Å². The second kappa shape index (κ2) is 4.45. The van der Waals surface area contributed by atoms with Crippen LogP contribution in [0.1, 0.15) is 17.2 Å². The Balaban J connectivity index is 2.41. The smallest absolute Gasteiger partial charge is 0.109 e. The first-order valence-electron chi connectivity index (χ1n) is 4.70. The molecule has 5 heteroatoms. The van der Waals surface area contributed by atoms with Crippen molar-refractivity contribution in [2.24, 2.45) is 7.05 Å². The molecule has 2 aromatic rings. The molecule has 1 heterocycles. The largest absolute Gasteiger partial charge is 0.383 e. The van der Waals surface area contributed by atoms with Crippen molar-refractivity contribution in [2.45, 2.75) is 6.10 Å². The van der Waals surface area contributed by atoms with Crippen LogP contribution in [0.15, 0.2) is 30.6 Å². The highest BCUT2D eigenvalue weighted by molar-refractivity contribution is 6.42. The van der Waals surface area contributed by atoms with E-state index in [-0.39, 0.29) is 0 Å². The molecule has 1 aromatic heterocycles. The first kappa shape index (κ1) is 11.5. The summed E-state index contributed by atoms with van der Waals surface area (Å²) in [7, 11) is 1.79. The van der Waals surface area contributed by atoms with Gasteiger partial charge in [-0.25, -0.2) is 0 Å². The van der Waals surface area contributed by atoms with E-state index < -0.39 is 6.10 Å². The highest BCUT2D eigenvalue weighted by Crippen LogP contribution is 2.32. The lowest BCUT2D eigenvalue weighted by atomic mass is 10.0. The molecule has 84 valence electrons. The molecule has 1 unspecified atom stereocenters. The molecule has 0 aliphatic carbocycles. The van der Waals surface area contributed by atoms with Crippen molar-refractivity contribution in [1.29, 1.82) is 0 Å². The molecule has 0 radical (unpaired) electrons. The lowest BCUT2D eigenvalue weighted by Crippen LogP contribution is -1.99. The zero-order valence-corrected chi connectivity index (χ0v) is 10.1. The van der Waals surface area contributed by atoms with Gasteiger partial charge in [-0.1, -0.05) is 35.3 Å². The van der Waals surface area contributed by atoms with E-state index in [1.165, 1.54) is 0 Å². The van der Waals surface area contributed by atoms with Gasteiger partial charge in [0.05, 0.1) is 16.2 Å². The first-order valence-corrected chi connectivity index (χ1v) is 5.45. The number of hydrogen-bond donors (Lipinski definition) is 1. The summed E-state index contributed by atoms with van der Waals surface area (Å²) in [4.78, 5) is 0. The van der Waals surface area contributed by atoms with E-state index in [1.807, 2.05) is 0 Å². The normalized spacial score (nSPS) is 12.8. The van der Waals surface area contributed by atoms with Gasteiger partial charge in [-0.05, 0) is 6.07 Å². The van der Waals surface area contributed by atoms with Crippen LogP contribution in [0.3, 0.4) is 0 Å². The highest BCUT2D eigenvalue weighted by Gasteiger charge is 2.16. The van der Waals surface area contributed by atoms with Crippen molar-refractivity contribution in [1.82, 2.24) is 9.78 Å². The third kappa shape index (κ3) is 2.07. The quantitative estimate of drug-likeness (QED) is 0.898. The van der Waals surface area contributed by atoms with Crippen molar-refractivity contribution in [3.63, 3.8) is 0 Å². The standard InChI is InChI=1S/C11H10Cl2N2O/c1-15-6-7(5-14-15)11(16)8-3-2-4-9(12)10(8)13/h2-6,11,16H,1H3. The molecule has 2 rings (SSSR count). The average molecular weight is 257 g/mol. The van der Waals surface area contributed by atoms with E-state index in [9.17, 15) is 5.11 Å². The number of rotatable bonds is 2. The van der Waals surface area contributed by atoms with Gasteiger partial charge < -0.3 is 5.11 Å². The minimum Gasteiger partial charge on any atom is -0.383 e. The van der Waals surface area contributed by atoms with E-state index in [1.54, 1.807) is 42.3 Å². The van der Waals surface area contributed by atoms with Crippen LogP contribution in [-0.4, -0.2) is 14.9 Å². The van der Waals surface area contributed by atoms with Crippen molar-refractivity contribution < 1.29 is 5.11 Å². The van der Waals surface area contributed by atoms with Gasteiger partial charge in [0.1, 0.15) is 6.10 Å². The Morgan fingerprint density at radius 3 is 2.75 bits per heavy atom. The maximum Gasteiger partial charge on any atom is 0.109 e. The lowest BCUT2D eigenvalue weighted by Gasteiger charge is -2.11. The molecule has 0 amide bonds. The number of aliphatic hydroxyl groups is 1. The van der Waals surface area contributed by atoms with E-state index in [4.69, 9.17) is 23.2 Å². The van der Waals surface area contributed by atoms with E-state index in [2.05, 4.69) is 5.10 Å². The van der Waals surface area contributed by atoms with Crippen molar-refractivity contribution in [2.75, 3.05) is 0 Å². The second-order valence-corrected chi connectivity index (χ2v) is 4.28. The fourth-order valence-electron chi connectivity index (χ4n) is 1.49. The number of hydrogen-bond acceptors (Lipinski definition) is 2. The molecule has 1 aromatic carbocycles. The van der Waals surface area contributed by atoms with Gasteiger partial charge in [0, 0.05) is 24.4 Å². The Bertz CT molecular complexity index is 510. The van der Waals surface area contributed by atoms with Crippen molar-refractivity contribution in [3.8, 4) is 0 Å². The molecule has 1 N–H and O–H groups in total. The van der Waals surface area contributed by atoms with Gasteiger partial charge >= 0.3 is 0 Å². The van der Waals surface area contributed by atoms with Crippen molar-refractivity contribution >= 4 is 23.2 Å². The molecule has 3 nitrogen and oxygen atoms in total. The Kier molecular flexibility index (Phi) is 3.19. The van der Waals surface area contributed by atoms with Crippen molar-refractivity contribution in [3.05, 3.63) is 51.8 Å². The summed E-state index contributed by atoms with van der Waals surface area (Å²) in [5, 5.41) is 14.9. The van der Waals surface area contributed by atoms with Crippen LogP contribution in [0.5, 0.6) is 0 Å². The third-order valence-corrected chi connectivity index (χ3v) is 3.15. The van der Waals surface area contributed by atoms with Crippen LogP contribution in [-0.2, 0) is 7.05 Å². The molecule has 0 aliphatic rings. The van der Waals surface area contributed by atoms with Crippen LogP contribution < -0.4 is 0 Å². The number of nitrogens with zero attached hydrogens (tertiary/aromatic N) is 2. The molecular formula is C11H10Cl2N2O. The maximum absolute atomic E-state index is 10.1. The van der Waals surface area contributed by atoms with Gasteiger partial charge in [0.25, 0.3) is 0 Å². The number of halogens is 2. The van der Waals surface area contributed by atoms with Gasteiger partial charge in [-0.2, -0.15) is 5.10 Å². The van der Waals surface area contributed by atoms with Crippen LogP contribution in [0.25, 0.3) is 0 Å². The molecule has 0 saturated carbocycles. The fraction of sp³-hybridized carbons (Fsp3) is 0.182. The van der Waals surface area contributed by atoms with Gasteiger partial charge in [-0.3, -0.25) is 4.68 Å². The Morgan fingerprint density at radius 1 is 1.38 bits per heavy atom. The summed E-state index contributed by atoms with van der Waals surface area (Å²) in [6.07, 6.45) is 2.53. The van der Waals surface area contributed by atoms with E-state index >= 15 is 0 Å². The molecule has 0 spiro atoms. The van der Waals surface area contributed by atoms with E-state index in [0.717, 1.165) is 0 Å². The first-order chi connectivity index (χ1) is 7.59. The van der Waals surface area contributed by atoms with Gasteiger partial charge in [0.2, 0.25) is 0 Å². The third-order valence-electron chi connectivity index (χ3n) is 2.32. The van der Waals surface area contributed by atoms with Crippen LogP contribution in [0, 0.1) is 0 Å². The molecule has 16 heavy (non-hydrogen) atoms. The molecule has 0 fully saturated rings. The summed E-state index contributed by atoms with van der Waals surface area (Å²) in [6, 6.07) is 5.18. The summed E-state index contributed by atoms with van der Waals surface area (Å²) in [5.74, 6) is 0. The minimum absolute atomic E-state index is 0.375. The van der Waals surface area contributed by atoms with Gasteiger partial charge in [0.15, 0.2) is 0 Å². The number of benzene rings is 1. The second-order valence-electron chi connectivity index (χ2n) is 3.49. The van der Waals surface area contributed by atoms with Gasteiger partial charge in [-0.15, -0.1) is 0 Å². The molecular weight excluding hydrogens is 247 g/mol. The molecule has 1 atom stereocenters. The minimum atomic E-state index is -0.806. The maximum atomic E-state index is 10.1. The average Bonchev–Trinajstić information content (AvgIpc) is 2.68. The summed E-state index contributed by atoms with van der Waals surface area (Å²) in [6.45, 7) is 0. The lowest BCUT2D eigenvalue weighted by molar-refractivity contribution is 0.220. The summed E-state index contributed by atoms with van der Waals surface area (Å²) in [5.41, 5.74) is 1.27. The summed E-state index contributed by atoms with van der Waals surface area (Å²) >= 11 is 11.9. The number of aryl methyl sites for hydroxylation is 1.